The summed E-state index contributed by atoms with van der Waals surface area (Å²) < 4.78 is 1.73. The van der Waals surface area contributed by atoms with E-state index in [9.17, 15) is 4.79 Å². The van der Waals surface area contributed by atoms with Crippen LogP contribution in [0.2, 0.25) is 0 Å². The smallest absolute Gasteiger partial charge is 0.303 e. The van der Waals surface area contributed by atoms with Gasteiger partial charge in [-0.3, -0.25) is 4.79 Å². The largest absolute Gasteiger partial charge is 0.481 e. The van der Waals surface area contributed by atoms with Crippen molar-refractivity contribution < 1.29 is 9.90 Å². The molecule has 0 saturated carbocycles. The number of nitrogens with zero attached hydrogens (tertiary/aromatic N) is 1. The molecule has 88 valence electrons. The van der Waals surface area contributed by atoms with Gasteiger partial charge >= 0.3 is 5.97 Å². The number of unbranched alkanes of at least 4 members (excludes halogenated alkanes) is 1. The molecule has 1 N–H and O–H groups in total. The summed E-state index contributed by atoms with van der Waals surface area (Å²) >= 11 is 8.33. The van der Waals surface area contributed by atoms with Crippen LogP contribution >= 0.6 is 43.6 Å². The fraction of sp³-hybridized carbons (Fsp3) is 0.400. The number of rotatable bonds is 6. The Morgan fingerprint density at radius 1 is 1.38 bits per heavy atom. The van der Waals surface area contributed by atoms with Gasteiger partial charge in [-0.05, 0) is 62.6 Å². The molecule has 1 heterocycles. The van der Waals surface area contributed by atoms with Gasteiger partial charge in [-0.1, -0.05) is 0 Å². The molecule has 0 saturated heterocycles. The molecule has 1 aromatic heterocycles. The lowest BCUT2D eigenvalue weighted by molar-refractivity contribution is -0.137. The Bertz CT molecular complexity index is 374. The van der Waals surface area contributed by atoms with Gasteiger partial charge in [0.2, 0.25) is 0 Å². The highest BCUT2D eigenvalue weighted by atomic mass is 79.9. The van der Waals surface area contributed by atoms with Gasteiger partial charge in [0.05, 0.1) is 9.50 Å². The van der Waals surface area contributed by atoms with Gasteiger partial charge in [0.15, 0.2) is 0 Å². The Labute approximate surface area is 115 Å². The van der Waals surface area contributed by atoms with E-state index in [-0.39, 0.29) is 6.42 Å². The molecule has 0 atom stereocenters. The number of hydrogen-bond acceptors (Lipinski definition) is 3. The van der Waals surface area contributed by atoms with Crippen molar-refractivity contribution in [1.29, 1.82) is 0 Å². The highest BCUT2D eigenvalue weighted by Gasteiger charge is 2.01. The molecule has 0 radical (unpaired) electrons. The average molecular weight is 369 g/mol. The molecule has 0 aliphatic heterocycles. The first-order chi connectivity index (χ1) is 7.59. The molecule has 6 heteroatoms. The molecule has 0 unspecified atom stereocenters. The number of carboxylic acids is 1. The van der Waals surface area contributed by atoms with E-state index in [2.05, 4.69) is 36.8 Å². The highest BCUT2D eigenvalue weighted by molar-refractivity contribution is 9.13. The van der Waals surface area contributed by atoms with Crippen LogP contribution in [0.4, 0.5) is 0 Å². The quantitative estimate of drug-likeness (QED) is 0.469. The van der Waals surface area contributed by atoms with E-state index in [0.29, 0.717) is 0 Å². The van der Waals surface area contributed by atoms with Crippen molar-refractivity contribution in [3.8, 4) is 0 Å². The lowest BCUT2D eigenvalue weighted by Crippen LogP contribution is -1.94. The fourth-order valence-corrected chi connectivity index (χ4v) is 2.58. The average Bonchev–Trinajstić information content (AvgIpc) is 2.22. The monoisotopic (exact) mass is 367 g/mol. The van der Waals surface area contributed by atoms with Crippen LogP contribution in [-0.2, 0) is 4.79 Å². The number of thioether (sulfide) groups is 1. The first-order valence-corrected chi connectivity index (χ1v) is 7.33. The predicted octanol–water partition coefficient (Wildman–Crippen LogP) is 3.95. The van der Waals surface area contributed by atoms with E-state index in [1.165, 1.54) is 0 Å². The number of hydrogen-bond donors (Lipinski definition) is 1. The third kappa shape index (κ3) is 5.32. The van der Waals surface area contributed by atoms with E-state index in [0.717, 1.165) is 32.7 Å². The second-order valence-corrected chi connectivity index (χ2v) is 5.84. The molecule has 0 aromatic carbocycles. The zero-order chi connectivity index (χ0) is 12.0. The summed E-state index contributed by atoms with van der Waals surface area (Å²) in [7, 11) is 0. The molecule has 0 fully saturated rings. The fourth-order valence-electron chi connectivity index (χ4n) is 1.04. The molecule has 0 aliphatic rings. The van der Waals surface area contributed by atoms with Crippen molar-refractivity contribution in [2.45, 2.75) is 24.3 Å². The van der Waals surface area contributed by atoms with Crippen LogP contribution in [-0.4, -0.2) is 21.8 Å². The van der Waals surface area contributed by atoms with Crippen LogP contribution in [0.25, 0.3) is 0 Å². The number of halogens is 2. The van der Waals surface area contributed by atoms with Gasteiger partial charge in [-0.25, -0.2) is 4.98 Å². The minimum atomic E-state index is -0.727. The Balaban J connectivity index is 2.27. The highest BCUT2D eigenvalue weighted by Crippen LogP contribution is 2.25. The van der Waals surface area contributed by atoms with Crippen LogP contribution in [0.15, 0.2) is 26.2 Å². The van der Waals surface area contributed by atoms with Gasteiger partial charge in [0, 0.05) is 6.42 Å². The van der Waals surface area contributed by atoms with Crippen molar-refractivity contribution in [1.82, 2.24) is 4.98 Å². The van der Waals surface area contributed by atoms with E-state index >= 15 is 0 Å². The Hall–Kier alpha value is -0.0700. The lowest BCUT2D eigenvalue weighted by atomic mass is 10.3. The number of aliphatic carboxylic acids is 1. The first kappa shape index (κ1) is 14.0. The van der Waals surface area contributed by atoms with Crippen molar-refractivity contribution >= 4 is 49.6 Å². The van der Waals surface area contributed by atoms with Crippen molar-refractivity contribution in [2.24, 2.45) is 0 Å². The van der Waals surface area contributed by atoms with Crippen LogP contribution in [0.3, 0.4) is 0 Å². The van der Waals surface area contributed by atoms with Crippen LogP contribution in [0.5, 0.6) is 0 Å². The molecule has 1 aromatic rings. The molecule has 0 amide bonds. The second kappa shape index (κ2) is 7.29. The topological polar surface area (TPSA) is 50.2 Å². The normalized spacial score (nSPS) is 10.4. The minimum Gasteiger partial charge on any atom is -0.481 e. The van der Waals surface area contributed by atoms with Crippen LogP contribution < -0.4 is 0 Å². The predicted molar refractivity (Wildman–Crippen MR) is 71.8 cm³/mol. The van der Waals surface area contributed by atoms with Crippen molar-refractivity contribution in [3.05, 3.63) is 21.2 Å². The third-order valence-corrected chi connectivity index (χ3v) is 4.60. The Kier molecular flexibility index (Phi) is 6.38. The molecule has 16 heavy (non-hydrogen) atoms. The molecule has 0 spiro atoms. The maximum atomic E-state index is 10.3. The molecule has 1 rings (SSSR count). The summed E-state index contributed by atoms with van der Waals surface area (Å²) in [4.78, 5) is 14.6. The lowest BCUT2D eigenvalue weighted by Gasteiger charge is -2.02. The molecular formula is C10H11Br2NO2S. The Morgan fingerprint density at radius 3 is 2.75 bits per heavy atom. The molecule has 3 nitrogen and oxygen atoms in total. The van der Waals surface area contributed by atoms with Crippen molar-refractivity contribution in [3.63, 3.8) is 0 Å². The van der Waals surface area contributed by atoms with E-state index < -0.39 is 5.97 Å². The minimum absolute atomic E-state index is 0.248. The second-order valence-electron chi connectivity index (χ2n) is 3.12. The maximum Gasteiger partial charge on any atom is 0.303 e. The SMILES string of the molecule is O=C(O)CCCCSc1ccc(Br)c(Br)n1. The first-order valence-electron chi connectivity index (χ1n) is 4.76. The standard InChI is InChI=1S/C10H11Br2NO2S/c11-7-4-5-8(13-10(7)12)16-6-2-1-3-9(14)15/h4-5H,1-3,6H2,(H,14,15). The van der Waals surface area contributed by atoms with E-state index in [4.69, 9.17) is 5.11 Å². The molecule has 0 bridgehead atoms. The summed E-state index contributed by atoms with van der Waals surface area (Å²) in [5, 5.41) is 9.42. The van der Waals surface area contributed by atoms with Crippen molar-refractivity contribution in [2.75, 3.05) is 5.75 Å². The molecule has 0 aliphatic carbocycles. The summed E-state index contributed by atoms with van der Waals surface area (Å²) in [6.45, 7) is 0. The number of aromatic nitrogens is 1. The van der Waals surface area contributed by atoms with E-state index in [1.54, 1.807) is 11.8 Å². The third-order valence-electron chi connectivity index (χ3n) is 1.81. The van der Waals surface area contributed by atoms with Gasteiger partial charge in [-0.2, -0.15) is 0 Å². The van der Waals surface area contributed by atoms with Gasteiger partial charge in [0.1, 0.15) is 4.60 Å². The van der Waals surface area contributed by atoms with Crippen LogP contribution in [0, 0.1) is 0 Å². The van der Waals surface area contributed by atoms with Crippen LogP contribution in [0.1, 0.15) is 19.3 Å². The zero-order valence-corrected chi connectivity index (χ0v) is 12.4. The number of pyridine rings is 1. The summed E-state index contributed by atoms with van der Waals surface area (Å²) in [6, 6.07) is 3.88. The number of carbonyl (C=O) groups is 1. The zero-order valence-electron chi connectivity index (χ0n) is 8.45. The van der Waals surface area contributed by atoms with Gasteiger partial charge in [-0.15, -0.1) is 11.8 Å². The maximum absolute atomic E-state index is 10.3. The van der Waals surface area contributed by atoms with Gasteiger partial charge in [0.25, 0.3) is 0 Å². The summed E-state index contributed by atoms with van der Waals surface area (Å²) in [6.07, 6.45) is 1.87. The summed E-state index contributed by atoms with van der Waals surface area (Å²) in [5.74, 6) is 0.170. The number of carboxylic acid groups (broad SMARTS) is 1. The molecular weight excluding hydrogens is 358 g/mol. The van der Waals surface area contributed by atoms with Gasteiger partial charge < -0.3 is 5.11 Å². The van der Waals surface area contributed by atoms with E-state index in [1.807, 2.05) is 12.1 Å². The Morgan fingerprint density at radius 2 is 2.12 bits per heavy atom. The summed E-state index contributed by atoms with van der Waals surface area (Å²) in [5.41, 5.74) is 0.